The molecule has 0 fully saturated rings. The highest BCUT2D eigenvalue weighted by Crippen LogP contribution is 2.23. The molecule has 0 aliphatic carbocycles. The van der Waals surface area contributed by atoms with E-state index in [1.54, 1.807) is 35.9 Å². The van der Waals surface area contributed by atoms with Crippen LogP contribution in [-0.4, -0.2) is 27.8 Å². The Kier molecular flexibility index (Phi) is 5.75. The smallest absolute Gasteiger partial charge is 0.244 e. The van der Waals surface area contributed by atoms with Crippen molar-refractivity contribution < 1.29 is 9.53 Å². The third-order valence-electron chi connectivity index (χ3n) is 3.63. The predicted octanol–water partition coefficient (Wildman–Crippen LogP) is 2.80. The van der Waals surface area contributed by atoms with E-state index in [9.17, 15) is 4.79 Å². The first-order valence-corrected chi connectivity index (χ1v) is 8.93. The minimum Gasteiger partial charge on any atom is -0.497 e. The predicted molar refractivity (Wildman–Crippen MR) is 102 cm³/mol. The molecular weight excluding hydrogens is 350 g/mol. The summed E-state index contributed by atoms with van der Waals surface area (Å²) in [6.45, 7) is 0.0436. The number of aromatic nitrogens is 3. The standard InChI is InChI=1S/C18H19N5O2S/c1-25-15-9-7-14(8-10-15)20-16(24)11-23-17(19)21-22-18(23)26-12-13-5-3-2-4-6-13/h2-10H,11-12H2,1H3,(H2,19,21)(H,20,24). The Hall–Kier alpha value is -3.00. The SMILES string of the molecule is COc1ccc(NC(=O)Cn2c(N)nnc2SCc2ccccc2)cc1. The van der Waals surface area contributed by atoms with E-state index in [1.807, 2.05) is 30.3 Å². The van der Waals surface area contributed by atoms with Crippen LogP contribution in [0.4, 0.5) is 11.6 Å². The molecule has 0 saturated carbocycles. The van der Waals surface area contributed by atoms with Gasteiger partial charge in [-0.3, -0.25) is 9.36 Å². The summed E-state index contributed by atoms with van der Waals surface area (Å²) < 4.78 is 6.71. The van der Waals surface area contributed by atoms with Crippen LogP contribution >= 0.6 is 11.8 Å². The maximum Gasteiger partial charge on any atom is 0.244 e. The second-order valence-electron chi connectivity index (χ2n) is 5.48. The number of amides is 1. The van der Waals surface area contributed by atoms with Crippen molar-refractivity contribution in [3.8, 4) is 5.75 Å². The van der Waals surface area contributed by atoms with Gasteiger partial charge in [-0.15, -0.1) is 10.2 Å². The molecule has 3 N–H and O–H groups in total. The lowest BCUT2D eigenvalue weighted by atomic mass is 10.2. The first kappa shape index (κ1) is 17.8. The van der Waals surface area contributed by atoms with Crippen LogP contribution < -0.4 is 15.8 Å². The molecule has 0 aliphatic heterocycles. The molecule has 0 radical (unpaired) electrons. The molecule has 26 heavy (non-hydrogen) atoms. The van der Waals surface area contributed by atoms with Gasteiger partial charge in [0.2, 0.25) is 11.9 Å². The van der Waals surface area contributed by atoms with Crippen molar-refractivity contribution in [3.63, 3.8) is 0 Å². The van der Waals surface area contributed by atoms with E-state index in [0.29, 0.717) is 10.8 Å². The maximum atomic E-state index is 12.3. The summed E-state index contributed by atoms with van der Waals surface area (Å²) >= 11 is 1.49. The van der Waals surface area contributed by atoms with Crippen LogP contribution in [0.3, 0.4) is 0 Å². The molecule has 0 saturated heterocycles. The minimum absolute atomic E-state index is 0.0436. The van der Waals surface area contributed by atoms with Gasteiger partial charge < -0.3 is 15.8 Å². The van der Waals surface area contributed by atoms with Crippen LogP contribution in [0.25, 0.3) is 0 Å². The number of nitrogens with two attached hydrogens (primary N) is 1. The number of methoxy groups -OCH3 is 1. The zero-order chi connectivity index (χ0) is 18.4. The maximum absolute atomic E-state index is 12.3. The van der Waals surface area contributed by atoms with Gasteiger partial charge in [0, 0.05) is 11.4 Å². The van der Waals surface area contributed by atoms with Crippen LogP contribution in [0.1, 0.15) is 5.56 Å². The van der Waals surface area contributed by atoms with Gasteiger partial charge in [-0.1, -0.05) is 42.1 Å². The molecule has 134 valence electrons. The van der Waals surface area contributed by atoms with Gasteiger partial charge in [0.05, 0.1) is 7.11 Å². The fourth-order valence-corrected chi connectivity index (χ4v) is 3.20. The second kappa shape index (κ2) is 8.39. The normalized spacial score (nSPS) is 10.5. The Morgan fingerprint density at radius 2 is 1.88 bits per heavy atom. The molecule has 3 aromatic rings. The molecule has 1 aromatic heterocycles. The molecule has 8 heteroatoms. The van der Waals surface area contributed by atoms with Crippen LogP contribution in [0, 0.1) is 0 Å². The molecule has 0 unspecified atom stereocenters. The van der Waals surface area contributed by atoms with E-state index in [4.69, 9.17) is 10.5 Å². The topological polar surface area (TPSA) is 95.1 Å². The molecule has 1 amide bonds. The number of hydrogen-bond acceptors (Lipinski definition) is 6. The minimum atomic E-state index is -0.205. The van der Waals surface area contributed by atoms with Crippen LogP contribution in [0.15, 0.2) is 59.8 Å². The van der Waals surface area contributed by atoms with Gasteiger partial charge in [0.15, 0.2) is 5.16 Å². The Morgan fingerprint density at radius 1 is 1.15 bits per heavy atom. The molecule has 0 aliphatic rings. The van der Waals surface area contributed by atoms with E-state index in [-0.39, 0.29) is 18.4 Å². The number of rotatable bonds is 7. The number of benzene rings is 2. The van der Waals surface area contributed by atoms with Crippen molar-refractivity contribution in [3.05, 3.63) is 60.2 Å². The summed E-state index contributed by atoms with van der Waals surface area (Å²) in [6, 6.07) is 17.1. The number of nitrogens with one attached hydrogen (secondary N) is 1. The van der Waals surface area contributed by atoms with Gasteiger partial charge in [0.25, 0.3) is 0 Å². The fourth-order valence-electron chi connectivity index (χ4n) is 2.30. The highest BCUT2D eigenvalue weighted by Gasteiger charge is 2.14. The molecule has 2 aromatic carbocycles. The number of carbonyl (C=O) groups is 1. The molecular formula is C18H19N5O2S. The third kappa shape index (κ3) is 4.54. The van der Waals surface area contributed by atoms with Crippen molar-refractivity contribution in [2.24, 2.45) is 0 Å². The summed E-state index contributed by atoms with van der Waals surface area (Å²) in [5.41, 5.74) is 7.71. The Balaban J connectivity index is 1.63. The monoisotopic (exact) mass is 369 g/mol. The highest BCUT2D eigenvalue weighted by atomic mass is 32.2. The molecule has 1 heterocycles. The number of anilines is 2. The van der Waals surface area contributed by atoms with Gasteiger partial charge >= 0.3 is 0 Å². The molecule has 0 atom stereocenters. The number of carbonyl (C=O) groups excluding carboxylic acids is 1. The van der Waals surface area contributed by atoms with E-state index in [0.717, 1.165) is 17.1 Å². The fraction of sp³-hybridized carbons (Fsp3) is 0.167. The van der Waals surface area contributed by atoms with Crippen molar-refractivity contribution >= 4 is 29.3 Å². The van der Waals surface area contributed by atoms with Gasteiger partial charge in [-0.05, 0) is 29.8 Å². The van der Waals surface area contributed by atoms with E-state index >= 15 is 0 Å². The Bertz CT molecular complexity index is 865. The average molecular weight is 369 g/mol. The van der Waals surface area contributed by atoms with Crippen molar-refractivity contribution in [1.82, 2.24) is 14.8 Å². The quantitative estimate of drug-likeness (QED) is 0.622. The Morgan fingerprint density at radius 3 is 2.58 bits per heavy atom. The van der Waals surface area contributed by atoms with Crippen molar-refractivity contribution in [2.75, 3.05) is 18.2 Å². The van der Waals surface area contributed by atoms with Gasteiger partial charge in [-0.2, -0.15) is 0 Å². The lowest BCUT2D eigenvalue weighted by Gasteiger charge is -2.09. The van der Waals surface area contributed by atoms with E-state index in [2.05, 4.69) is 15.5 Å². The molecule has 0 spiro atoms. The zero-order valence-electron chi connectivity index (χ0n) is 14.3. The number of nitrogens with zero attached hydrogens (tertiary/aromatic N) is 3. The summed E-state index contributed by atoms with van der Waals surface area (Å²) in [5.74, 6) is 1.46. The number of nitrogen functional groups attached to an aromatic ring is 1. The van der Waals surface area contributed by atoms with Gasteiger partial charge in [0.1, 0.15) is 12.3 Å². The Labute approximate surface area is 155 Å². The first-order chi connectivity index (χ1) is 12.7. The lowest BCUT2D eigenvalue weighted by molar-refractivity contribution is -0.116. The number of hydrogen-bond donors (Lipinski definition) is 2. The highest BCUT2D eigenvalue weighted by molar-refractivity contribution is 7.98. The first-order valence-electron chi connectivity index (χ1n) is 7.95. The lowest BCUT2D eigenvalue weighted by Crippen LogP contribution is -2.20. The zero-order valence-corrected chi connectivity index (χ0v) is 15.1. The molecule has 0 bridgehead atoms. The van der Waals surface area contributed by atoms with Crippen LogP contribution in [-0.2, 0) is 17.1 Å². The van der Waals surface area contributed by atoms with Gasteiger partial charge in [-0.25, -0.2) is 0 Å². The largest absolute Gasteiger partial charge is 0.497 e. The second-order valence-corrected chi connectivity index (χ2v) is 6.42. The third-order valence-corrected chi connectivity index (χ3v) is 4.67. The summed E-state index contributed by atoms with van der Waals surface area (Å²) in [4.78, 5) is 12.3. The van der Waals surface area contributed by atoms with E-state index < -0.39 is 0 Å². The van der Waals surface area contributed by atoms with Crippen LogP contribution in [0.5, 0.6) is 5.75 Å². The van der Waals surface area contributed by atoms with Crippen molar-refractivity contribution in [2.45, 2.75) is 17.5 Å². The number of ether oxygens (including phenoxy) is 1. The average Bonchev–Trinajstić information content (AvgIpc) is 3.01. The summed E-state index contributed by atoms with van der Waals surface area (Å²) in [5, 5.41) is 11.4. The molecule has 7 nitrogen and oxygen atoms in total. The van der Waals surface area contributed by atoms with Crippen molar-refractivity contribution in [1.29, 1.82) is 0 Å². The summed E-state index contributed by atoms with van der Waals surface area (Å²) in [7, 11) is 1.59. The number of thioether (sulfide) groups is 1. The molecule has 3 rings (SSSR count). The van der Waals surface area contributed by atoms with Crippen LogP contribution in [0.2, 0.25) is 0 Å². The van der Waals surface area contributed by atoms with E-state index in [1.165, 1.54) is 11.8 Å². The summed E-state index contributed by atoms with van der Waals surface area (Å²) in [6.07, 6.45) is 0.